The summed E-state index contributed by atoms with van der Waals surface area (Å²) < 4.78 is 19.8. The second kappa shape index (κ2) is 4.57. The molecule has 100 valence electrons. The monoisotopic (exact) mass is 262 g/mol. The average molecular weight is 262 g/mol. The molecule has 2 heterocycles. The van der Waals surface area contributed by atoms with Gasteiger partial charge in [-0.05, 0) is 31.5 Å². The van der Waals surface area contributed by atoms with E-state index in [4.69, 9.17) is 14.8 Å². The van der Waals surface area contributed by atoms with Gasteiger partial charge in [-0.2, -0.15) is 10.7 Å². The number of hydrogen-bond donors (Lipinski definition) is 1. The van der Waals surface area contributed by atoms with Crippen LogP contribution in [0.3, 0.4) is 0 Å². The molecule has 0 unspecified atom stereocenters. The molecule has 1 aromatic rings. The van der Waals surface area contributed by atoms with Crippen LogP contribution in [0.1, 0.15) is 24.5 Å². The van der Waals surface area contributed by atoms with Gasteiger partial charge in [-0.1, -0.05) is 0 Å². The summed E-state index contributed by atoms with van der Waals surface area (Å²) in [5, 5.41) is 8.98. The fraction of sp³-hybridized carbons (Fsp3) is 0.500. The topological polar surface area (TPSA) is 54.3 Å². The largest absolute Gasteiger partial charge is 0.376 e. The summed E-state index contributed by atoms with van der Waals surface area (Å²) in [6.07, 6.45) is 0.951. The zero-order chi connectivity index (χ0) is 13.5. The maximum absolute atomic E-state index is 14.2. The molecule has 0 bridgehead atoms. The van der Waals surface area contributed by atoms with Crippen molar-refractivity contribution in [1.29, 1.82) is 5.26 Å². The molecule has 0 saturated carbocycles. The molecule has 0 amide bonds. The highest BCUT2D eigenvalue weighted by atomic mass is 19.1. The van der Waals surface area contributed by atoms with Gasteiger partial charge in [0, 0.05) is 11.5 Å². The molecule has 1 aromatic carbocycles. The van der Waals surface area contributed by atoms with Crippen LogP contribution in [0.25, 0.3) is 0 Å². The Morgan fingerprint density at radius 2 is 2.37 bits per heavy atom. The summed E-state index contributed by atoms with van der Waals surface area (Å²) in [4.78, 5) is 5.35. The third-order valence-corrected chi connectivity index (χ3v) is 4.02. The molecule has 2 saturated heterocycles. The normalized spacial score (nSPS) is 33.7. The van der Waals surface area contributed by atoms with Gasteiger partial charge in [-0.15, -0.1) is 0 Å². The van der Waals surface area contributed by atoms with Crippen LogP contribution < -0.4 is 5.48 Å². The molecule has 0 aliphatic carbocycles. The number of hydroxylamine groups is 1. The first-order valence-electron chi connectivity index (χ1n) is 6.36. The van der Waals surface area contributed by atoms with Gasteiger partial charge in [0.15, 0.2) is 0 Å². The number of ether oxygens (including phenoxy) is 1. The molecule has 1 N–H and O–H groups in total. The van der Waals surface area contributed by atoms with Crippen LogP contribution in [-0.2, 0) is 15.1 Å². The second-order valence-electron chi connectivity index (χ2n) is 5.25. The van der Waals surface area contributed by atoms with E-state index in [0.717, 1.165) is 6.42 Å². The lowest BCUT2D eigenvalue weighted by Crippen LogP contribution is -2.51. The van der Waals surface area contributed by atoms with Crippen molar-refractivity contribution in [2.45, 2.75) is 25.0 Å². The van der Waals surface area contributed by atoms with Gasteiger partial charge < -0.3 is 9.57 Å². The van der Waals surface area contributed by atoms with Gasteiger partial charge in [0.05, 0.1) is 36.5 Å². The first kappa shape index (κ1) is 12.5. The number of rotatable bonds is 1. The SMILES string of the molecule is C[C@H]1C[C@H]2CON[C@@]2(c2cc(C#N)ccc2F)CO1. The van der Waals surface area contributed by atoms with Gasteiger partial charge in [0.2, 0.25) is 0 Å². The van der Waals surface area contributed by atoms with Crippen molar-refractivity contribution >= 4 is 0 Å². The number of nitrogens with one attached hydrogen (secondary N) is 1. The molecule has 0 radical (unpaired) electrons. The number of hydrogen-bond acceptors (Lipinski definition) is 4. The molecule has 2 aliphatic heterocycles. The summed E-state index contributed by atoms with van der Waals surface area (Å²) in [6.45, 7) is 2.89. The van der Waals surface area contributed by atoms with Gasteiger partial charge in [0.25, 0.3) is 0 Å². The standard InChI is InChI=1S/C14H15FN2O2/c1-9-4-11-7-19-17-14(11,8-18-9)12-5-10(6-16)2-3-13(12)15/h2-3,5,9,11,17H,4,7-8H2,1H3/t9-,11-,14-/m0/s1. The van der Waals surface area contributed by atoms with Crippen molar-refractivity contribution in [3.8, 4) is 6.07 Å². The van der Waals surface area contributed by atoms with Crippen LogP contribution in [0.4, 0.5) is 4.39 Å². The van der Waals surface area contributed by atoms with Crippen LogP contribution in [0.5, 0.6) is 0 Å². The van der Waals surface area contributed by atoms with Crippen LogP contribution in [0.15, 0.2) is 18.2 Å². The molecule has 4 nitrogen and oxygen atoms in total. The Balaban J connectivity index is 2.06. The van der Waals surface area contributed by atoms with Crippen molar-refractivity contribution in [2.75, 3.05) is 13.2 Å². The minimum atomic E-state index is -0.677. The number of nitriles is 1. The van der Waals surface area contributed by atoms with Crippen LogP contribution in [-0.4, -0.2) is 19.3 Å². The Morgan fingerprint density at radius 1 is 1.53 bits per heavy atom. The first-order chi connectivity index (χ1) is 9.15. The molecule has 0 spiro atoms. The summed E-state index contributed by atoms with van der Waals surface area (Å²) >= 11 is 0. The third-order valence-electron chi connectivity index (χ3n) is 4.02. The summed E-state index contributed by atoms with van der Waals surface area (Å²) in [7, 11) is 0. The fourth-order valence-electron chi connectivity index (χ4n) is 2.94. The molecule has 19 heavy (non-hydrogen) atoms. The maximum Gasteiger partial charge on any atom is 0.128 e. The molecule has 3 atom stereocenters. The van der Waals surface area contributed by atoms with E-state index >= 15 is 0 Å². The molecular weight excluding hydrogens is 247 g/mol. The summed E-state index contributed by atoms with van der Waals surface area (Å²) in [5.41, 5.74) is 3.15. The zero-order valence-corrected chi connectivity index (χ0v) is 10.6. The Morgan fingerprint density at radius 3 is 3.16 bits per heavy atom. The first-order valence-corrected chi connectivity index (χ1v) is 6.36. The Bertz CT molecular complexity index is 543. The number of benzene rings is 1. The van der Waals surface area contributed by atoms with Crippen molar-refractivity contribution in [3.05, 3.63) is 35.1 Å². The molecular formula is C14H15FN2O2. The second-order valence-corrected chi connectivity index (χ2v) is 5.25. The zero-order valence-electron chi connectivity index (χ0n) is 10.6. The van der Waals surface area contributed by atoms with E-state index in [1.807, 2.05) is 13.0 Å². The van der Waals surface area contributed by atoms with Gasteiger partial charge >= 0.3 is 0 Å². The highest BCUT2D eigenvalue weighted by molar-refractivity contribution is 5.38. The molecule has 2 aliphatic rings. The lowest BCUT2D eigenvalue weighted by molar-refractivity contribution is -0.0615. The summed E-state index contributed by atoms with van der Waals surface area (Å²) in [6, 6.07) is 6.44. The lowest BCUT2D eigenvalue weighted by atomic mass is 9.75. The minimum Gasteiger partial charge on any atom is -0.376 e. The van der Waals surface area contributed by atoms with E-state index in [1.54, 1.807) is 6.07 Å². The lowest BCUT2D eigenvalue weighted by Gasteiger charge is -2.40. The van der Waals surface area contributed by atoms with E-state index in [-0.39, 0.29) is 17.8 Å². The van der Waals surface area contributed by atoms with Gasteiger partial charge in [0.1, 0.15) is 5.82 Å². The molecule has 0 aromatic heterocycles. The predicted molar refractivity (Wildman–Crippen MR) is 65.4 cm³/mol. The van der Waals surface area contributed by atoms with E-state index in [1.165, 1.54) is 12.1 Å². The number of fused-ring (bicyclic) bond motifs is 1. The Labute approximate surface area is 111 Å². The Hall–Kier alpha value is -1.48. The van der Waals surface area contributed by atoms with Crippen molar-refractivity contribution in [1.82, 2.24) is 5.48 Å². The van der Waals surface area contributed by atoms with Crippen LogP contribution in [0.2, 0.25) is 0 Å². The van der Waals surface area contributed by atoms with E-state index in [2.05, 4.69) is 5.48 Å². The van der Waals surface area contributed by atoms with Gasteiger partial charge in [-0.25, -0.2) is 4.39 Å². The van der Waals surface area contributed by atoms with E-state index in [9.17, 15) is 4.39 Å². The van der Waals surface area contributed by atoms with E-state index < -0.39 is 5.54 Å². The van der Waals surface area contributed by atoms with Crippen LogP contribution >= 0.6 is 0 Å². The number of halogens is 1. The van der Waals surface area contributed by atoms with E-state index in [0.29, 0.717) is 24.3 Å². The smallest absolute Gasteiger partial charge is 0.128 e. The predicted octanol–water partition coefficient (Wildman–Crippen LogP) is 1.85. The van der Waals surface area contributed by atoms with Crippen LogP contribution in [0, 0.1) is 23.1 Å². The number of nitrogens with zero attached hydrogens (tertiary/aromatic N) is 1. The quantitative estimate of drug-likeness (QED) is 0.839. The average Bonchev–Trinajstić information content (AvgIpc) is 2.83. The maximum atomic E-state index is 14.2. The highest BCUT2D eigenvalue weighted by Crippen LogP contribution is 2.42. The van der Waals surface area contributed by atoms with Gasteiger partial charge in [-0.3, -0.25) is 0 Å². The molecule has 2 fully saturated rings. The third kappa shape index (κ3) is 1.93. The highest BCUT2D eigenvalue weighted by Gasteiger charge is 2.50. The minimum absolute atomic E-state index is 0.142. The summed E-state index contributed by atoms with van der Waals surface area (Å²) in [5.74, 6) is -0.181. The Kier molecular flexibility index (Phi) is 3.02. The van der Waals surface area contributed by atoms with Crippen molar-refractivity contribution in [3.63, 3.8) is 0 Å². The fourth-order valence-corrected chi connectivity index (χ4v) is 2.94. The molecule has 5 heteroatoms. The van der Waals surface area contributed by atoms with Crippen molar-refractivity contribution < 1.29 is 14.0 Å². The van der Waals surface area contributed by atoms with Crippen molar-refractivity contribution in [2.24, 2.45) is 5.92 Å². The molecule has 3 rings (SSSR count).